The molecule has 4 nitrogen and oxygen atoms in total. The van der Waals surface area contributed by atoms with E-state index in [0.717, 1.165) is 16.7 Å². The molecule has 0 saturated heterocycles. The molecule has 2 aliphatic carbocycles. The van der Waals surface area contributed by atoms with Gasteiger partial charge in [-0.3, -0.25) is 4.98 Å². The summed E-state index contributed by atoms with van der Waals surface area (Å²) in [6, 6.07) is 1.86. The molecule has 1 aromatic rings. The van der Waals surface area contributed by atoms with Crippen molar-refractivity contribution in [2.75, 3.05) is 0 Å². The number of primary sulfonamides is 1. The minimum Gasteiger partial charge on any atom is -0.264 e. The molecule has 0 aromatic carbocycles. The number of allylic oxidation sites excluding steroid dienone is 2. The van der Waals surface area contributed by atoms with Crippen molar-refractivity contribution in [3.05, 3.63) is 47.3 Å². The number of hydrogen-bond acceptors (Lipinski definition) is 3. The lowest BCUT2D eigenvalue weighted by molar-refractivity contribution is 0.548. The maximum Gasteiger partial charge on any atom is 0.219 e. The van der Waals surface area contributed by atoms with Crippen molar-refractivity contribution in [1.82, 2.24) is 4.98 Å². The van der Waals surface area contributed by atoms with Crippen LogP contribution in [-0.4, -0.2) is 18.1 Å². The second-order valence-corrected chi connectivity index (χ2v) is 6.37. The van der Waals surface area contributed by atoms with E-state index in [4.69, 9.17) is 5.14 Å². The summed E-state index contributed by atoms with van der Waals surface area (Å²) in [5.41, 5.74) is 2.75. The highest BCUT2D eigenvalue weighted by Crippen LogP contribution is 2.43. The van der Waals surface area contributed by atoms with Crippen molar-refractivity contribution in [2.45, 2.75) is 17.6 Å². The zero-order valence-electron chi connectivity index (χ0n) is 9.13. The molecule has 5 heteroatoms. The van der Waals surface area contributed by atoms with Crippen LogP contribution in [0.2, 0.25) is 0 Å². The Balaban J connectivity index is 2.24. The molecular formula is C12H12N2O2S. The maximum absolute atomic E-state index is 11.9. The minimum atomic E-state index is -3.62. The molecule has 1 unspecified atom stereocenters. The van der Waals surface area contributed by atoms with Gasteiger partial charge in [-0.15, -0.1) is 0 Å². The van der Waals surface area contributed by atoms with Gasteiger partial charge in [0, 0.05) is 12.4 Å². The standard InChI is InChI=1S/C12H12N2O2S/c13-17(15,16)12-4-1-2-11(12)6-10-8-14-5-3-9(10)7-12/h1-3,5-6,8H,4,7H2,(H2,13,15,16). The highest BCUT2D eigenvalue weighted by atomic mass is 32.2. The monoisotopic (exact) mass is 248 g/mol. The van der Waals surface area contributed by atoms with Crippen LogP contribution < -0.4 is 5.14 Å². The molecule has 1 aromatic heterocycles. The lowest BCUT2D eigenvalue weighted by atomic mass is 9.85. The van der Waals surface area contributed by atoms with Gasteiger partial charge in [0.15, 0.2) is 0 Å². The van der Waals surface area contributed by atoms with Gasteiger partial charge in [-0.2, -0.15) is 0 Å². The van der Waals surface area contributed by atoms with Crippen LogP contribution in [0.3, 0.4) is 0 Å². The van der Waals surface area contributed by atoms with Crippen LogP contribution in [0.25, 0.3) is 6.08 Å². The number of aromatic nitrogens is 1. The number of sulfonamides is 1. The van der Waals surface area contributed by atoms with Crippen molar-refractivity contribution in [3.8, 4) is 0 Å². The predicted octanol–water partition coefficient (Wildman–Crippen LogP) is 1.01. The molecule has 88 valence electrons. The van der Waals surface area contributed by atoms with Crippen molar-refractivity contribution < 1.29 is 8.42 Å². The highest BCUT2D eigenvalue weighted by Gasteiger charge is 2.47. The summed E-state index contributed by atoms with van der Waals surface area (Å²) in [6.07, 6.45) is 9.91. The summed E-state index contributed by atoms with van der Waals surface area (Å²) in [5.74, 6) is 0. The van der Waals surface area contributed by atoms with Gasteiger partial charge in [0.25, 0.3) is 0 Å². The smallest absolute Gasteiger partial charge is 0.219 e. The summed E-state index contributed by atoms with van der Waals surface area (Å²) in [5, 5.41) is 5.42. The van der Waals surface area contributed by atoms with Crippen LogP contribution in [0.15, 0.2) is 36.2 Å². The SMILES string of the molecule is NS(=O)(=O)C12CC=CC1=Cc1cnccc1C2. The molecule has 0 spiro atoms. The van der Waals surface area contributed by atoms with Gasteiger partial charge in [-0.25, -0.2) is 13.6 Å². The Kier molecular flexibility index (Phi) is 2.06. The first-order chi connectivity index (χ1) is 8.03. The van der Waals surface area contributed by atoms with E-state index in [9.17, 15) is 8.42 Å². The number of pyridine rings is 1. The quantitative estimate of drug-likeness (QED) is 0.806. The van der Waals surface area contributed by atoms with Gasteiger partial charge in [0.2, 0.25) is 10.0 Å². The summed E-state index contributed by atoms with van der Waals surface area (Å²) >= 11 is 0. The molecule has 2 aliphatic rings. The first-order valence-corrected chi connectivity index (χ1v) is 6.91. The normalized spacial score (nSPS) is 26.3. The highest BCUT2D eigenvalue weighted by molar-refractivity contribution is 7.90. The zero-order chi connectivity index (χ0) is 12.1. The van der Waals surface area contributed by atoms with Crippen LogP contribution in [0, 0.1) is 0 Å². The fourth-order valence-electron chi connectivity index (χ4n) is 2.58. The topological polar surface area (TPSA) is 73.1 Å². The first kappa shape index (κ1) is 10.7. The Bertz CT molecular complexity index is 646. The Morgan fingerprint density at radius 2 is 2.24 bits per heavy atom. The molecule has 17 heavy (non-hydrogen) atoms. The largest absolute Gasteiger partial charge is 0.264 e. The van der Waals surface area contributed by atoms with Crippen molar-refractivity contribution in [3.63, 3.8) is 0 Å². The van der Waals surface area contributed by atoms with E-state index < -0.39 is 14.8 Å². The van der Waals surface area contributed by atoms with Crippen LogP contribution in [0.1, 0.15) is 17.5 Å². The summed E-state index contributed by atoms with van der Waals surface area (Å²) in [4.78, 5) is 4.05. The van der Waals surface area contributed by atoms with E-state index >= 15 is 0 Å². The van der Waals surface area contributed by atoms with Crippen LogP contribution in [-0.2, 0) is 16.4 Å². The summed E-state index contributed by atoms with van der Waals surface area (Å²) in [6.45, 7) is 0. The van der Waals surface area contributed by atoms with Crippen molar-refractivity contribution >= 4 is 16.1 Å². The fraction of sp³-hybridized carbons (Fsp3) is 0.250. The molecule has 1 atom stereocenters. The molecule has 3 rings (SSSR count). The molecule has 0 amide bonds. The van der Waals surface area contributed by atoms with Gasteiger partial charge < -0.3 is 0 Å². The lowest BCUT2D eigenvalue weighted by Crippen LogP contribution is -2.45. The van der Waals surface area contributed by atoms with Gasteiger partial charge >= 0.3 is 0 Å². The molecule has 0 aliphatic heterocycles. The Morgan fingerprint density at radius 3 is 3.00 bits per heavy atom. The Hall–Kier alpha value is -1.46. The van der Waals surface area contributed by atoms with Crippen LogP contribution in [0.5, 0.6) is 0 Å². The van der Waals surface area contributed by atoms with E-state index in [1.807, 2.05) is 24.3 Å². The molecule has 2 N–H and O–H groups in total. The lowest BCUT2D eigenvalue weighted by Gasteiger charge is -2.32. The van der Waals surface area contributed by atoms with E-state index in [1.54, 1.807) is 12.4 Å². The fourth-order valence-corrected chi connectivity index (χ4v) is 3.72. The third-order valence-corrected chi connectivity index (χ3v) is 5.18. The number of rotatable bonds is 1. The van der Waals surface area contributed by atoms with E-state index in [0.29, 0.717) is 12.8 Å². The predicted molar refractivity (Wildman–Crippen MR) is 65.5 cm³/mol. The average molecular weight is 248 g/mol. The molecular weight excluding hydrogens is 236 g/mol. The summed E-state index contributed by atoms with van der Waals surface area (Å²) in [7, 11) is -3.62. The first-order valence-electron chi connectivity index (χ1n) is 5.37. The Labute approximate surface area is 99.9 Å². The second-order valence-electron chi connectivity index (χ2n) is 4.50. The Morgan fingerprint density at radius 1 is 1.41 bits per heavy atom. The third-order valence-electron chi connectivity index (χ3n) is 3.55. The van der Waals surface area contributed by atoms with E-state index in [2.05, 4.69) is 4.98 Å². The molecule has 0 bridgehead atoms. The zero-order valence-corrected chi connectivity index (χ0v) is 9.94. The van der Waals surface area contributed by atoms with Crippen LogP contribution in [0.4, 0.5) is 0 Å². The summed E-state index contributed by atoms with van der Waals surface area (Å²) < 4.78 is 22.8. The molecule has 0 fully saturated rings. The second kappa shape index (κ2) is 3.27. The maximum atomic E-state index is 11.9. The van der Waals surface area contributed by atoms with Crippen LogP contribution >= 0.6 is 0 Å². The van der Waals surface area contributed by atoms with E-state index in [1.165, 1.54) is 0 Å². The van der Waals surface area contributed by atoms with Gasteiger partial charge in [0.05, 0.1) is 0 Å². The van der Waals surface area contributed by atoms with E-state index in [-0.39, 0.29) is 0 Å². The van der Waals surface area contributed by atoms with Gasteiger partial charge in [-0.05, 0) is 41.7 Å². The number of nitrogens with zero attached hydrogens (tertiary/aromatic N) is 1. The molecule has 1 heterocycles. The van der Waals surface area contributed by atoms with Crippen molar-refractivity contribution in [2.24, 2.45) is 5.14 Å². The molecule has 0 radical (unpaired) electrons. The number of fused-ring (bicyclic) bond motifs is 2. The minimum absolute atomic E-state index is 0.433. The van der Waals surface area contributed by atoms with Gasteiger partial charge in [-0.1, -0.05) is 12.2 Å². The van der Waals surface area contributed by atoms with Crippen molar-refractivity contribution in [1.29, 1.82) is 0 Å². The number of hydrogen-bond donors (Lipinski definition) is 1. The molecule has 0 saturated carbocycles. The number of nitrogens with two attached hydrogens (primary N) is 1. The third kappa shape index (κ3) is 1.39. The average Bonchev–Trinajstić information content (AvgIpc) is 2.69. The van der Waals surface area contributed by atoms with Gasteiger partial charge in [0.1, 0.15) is 4.75 Å².